The van der Waals surface area contributed by atoms with E-state index >= 15 is 0 Å². The van der Waals surface area contributed by atoms with Crippen LogP contribution < -0.4 is 5.32 Å². The number of allylic oxidation sites excluding steroid dienone is 1. The van der Waals surface area contributed by atoms with Crippen LogP contribution in [0.15, 0.2) is 35.6 Å². The van der Waals surface area contributed by atoms with Gasteiger partial charge in [-0.05, 0) is 61.5 Å². The molecule has 1 amide bonds. The van der Waals surface area contributed by atoms with Gasteiger partial charge < -0.3 is 10.1 Å². The normalized spacial score (nSPS) is 37.1. The molecule has 3 aliphatic carbocycles. The zero-order valence-corrected chi connectivity index (χ0v) is 16.1. The average Bonchev–Trinajstić information content (AvgIpc) is 3.31. The van der Waals surface area contributed by atoms with Crippen molar-refractivity contribution in [2.24, 2.45) is 29.6 Å². The summed E-state index contributed by atoms with van der Waals surface area (Å²) in [6.45, 7) is 2.31. The van der Waals surface area contributed by atoms with Gasteiger partial charge in [-0.1, -0.05) is 25.5 Å². The molecule has 2 saturated carbocycles. The third-order valence-corrected chi connectivity index (χ3v) is 6.98. The predicted molar refractivity (Wildman–Crippen MR) is 100 cm³/mol. The lowest BCUT2D eigenvalue weighted by atomic mass is 9.85. The van der Waals surface area contributed by atoms with E-state index in [0.29, 0.717) is 12.2 Å². The molecule has 6 atom stereocenters. The second-order valence-corrected chi connectivity index (χ2v) is 8.78. The minimum absolute atomic E-state index is 0.242. The van der Waals surface area contributed by atoms with Gasteiger partial charge in [0.05, 0.1) is 18.7 Å². The van der Waals surface area contributed by atoms with Crippen molar-refractivity contribution in [2.75, 3.05) is 7.11 Å². The molecular weight excluding hydrogens is 348 g/mol. The van der Waals surface area contributed by atoms with Crippen LogP contribution >= 0.6 is 0 Å². The highest BCUT2D eigenvalue weighted by atomic mass is 19.3. The molecule has 0 bridgehead atoms. The molecular formula is C22H29F2NO2. The number of amides is 1. The van der Waals surface area contributed by atoms with Crippen LogP contribution in [0.1, 0.15) is 45.4 Å². The zero-order valence-electron chi connectivity index (χ0n) is 16.1. The lowest BCUT2D eigenvalue weighted by Gasteiger charge is -2.32. The van der Waals surface area contributed by atoms with E-state index in [1.165, 1.54) is 18.9 Å². The summed E-state index contributed by atoms with van der Waals surface area (Å²) in [6.07, 6.45) is 11.6. The molecule has 5 heteroatoms. The molecule has 2 fully saturated rings. The topological polar surface area (TPSA) is 38.3 Å². The van der Waals surface area contributed by atoms with Gasteiger partial charge in [0.25, 0.3) is 11.8 Å². The van der Waals surface area contributed by atoms with E-state index in [4.69, 9.17) is 4.74 Å². The Kier molecular flexibility index (Phi) is 4.89. The molecule has 4 aliphatic rings. The number of ether oxygens (including phenoxy) is 1. The van der Waals surface area contributed by atoms with Gasteiger partial charge in [-0.25, -0.2) is 8.78 Å². The number of fused-ring (bicyclic) bond motifs is 2. The number of carbonyl (C=O) groups excluding carboxylic acids is 1. The largest absolute Gasteiger partial charge is 0.497 e. The monoisotopic (exact) mass is 377 g/mol. The summed E-state index contributed by atoms with van der Waals surface area (Å²) in [7, 11) is 1.55. The molecule has 6 unspecified atom stereocenters. The number of halogens is 2. The summed E-state index contributed by atoms with van der Waals surface area (Å²) < 4.78 is 34.6. The number of hydrogen-bond donors (Lipinski definition) is 1. The van der Waals surface area contributed by atoms with E-state index in [9.17, 15) is 13.6 Å². The fraction of sp³-hybridized carbons (Fsp3) is 0.682. The molecule has 0 radical (unpaired) electrons. The molecule has 0 spiro atoms. The molecule has 0 aromatic carbocycles. The van der Waals surface area contributed by atoms with Crippen LogP contribution in [0.5, 0.6) is 0 Å². The number of alkyl halides is 2. The zero-order chi connectivity index (χ0) is 19.2. The van der Waals surface area contributed by atoms with Gasteiger partial charge in [-0.2, -0.15) is 0 Å². The molecule has 0 aromatic heterocycles. The Morgan fingerprint density at radius 1 is 1.26 bits per heavy atom. The lowest BCUT2D eigenvalue weighted by molar-refractivity contribution is -0.122. The highest BCUT2D eigenvalue weighted by Crippen LogP contribution is 2.59. The summed E-state index contributed by atoms with van der Waals surface area (Å²) in [5.74, 6) is -0.0605. The number of methoxy groups -OCH3 is 1. The fourth-order valence-corrected chi connectivity index (χ4v) is 5.39. The molecule has 4 rings (SSSR count). The number of hydrogen-bond acceptors (Lipinski definition) is 2. The van der Waals surface area contributed by atoms with Gasteiger partial charge in [0.1, 0.15) is 5.76 Å². The van der Waals surface area contributed by atoms with Gasteiger partial charge in [0.15, 0.2) is 0 Å². The van der Waals surface area contributed by atoms with Gasteiger partial charge >= 0.3 is 0 Å². The summed E-state index contributed by atoms with van der Waals surface area (Å²) in [4.78, 5) is 12.3. The van der Waals surface area contributed by atoms with Crippen molar-refractivity contribution in [3.05, 3.63) is 35.6 Å². The summed E-state index contributed by atoms with van der Waals surface area (Å²) in [5, 5.41) is 2.70. The highest BCUT2D eigenvalue weighted by Gasteiger charge is 2.51. The number of nitrogens with one attached hydrogen (secondary N) is 1. The van der Waals surface area contributed by atoms with Gasteiger partial charge in [0, 0.05) is 12.3 Å². The molecule has 1 heterocycles. The summed E-state index contributed by atoms with van der Waals surface area (Å²) >= 11 is 0. The van der Waals surface area contributed by atoms with E-state index in [1.54, 1.807) is 19.3 Å². The highest BCUT2D eigenvalue weighted by molar-refractivity contribution is 5.96. The second-order valence-electron chi connectivity index (χ2n) is 8.78. The van der Waals surface area contributed by atoms with Crippen LogP contribution in [0.25, 0.3) is 0 Å². The van der Waals surface area contributed by atoms with Gasteiger partial charge in [-0.15, -0.1) is 0 Å². The number of carbonyl (C=O) groups is 1. The second kappa shape index (κ2) is 7.06. The van der Waals surface area contributed by atoms with E-state index in [2.05, 4.69) is 12.2 Å². The molecule has 27 heavy (non-hydrogen) atoms. The maximum Gasteiger partial charge on any atom is 0.278 e. The minimum atomic E-state index is -3.07. The van der Waals surface area contributed by atoms with Crippen LogP contribution in [-0.2, 0) is 9.53 Å². The van der Waals surface area contributed by atoms with Gasteiger partial charge in [0.2, 0.25) is 0 Å². The van der Waals surface area contributed by atoms with Crippen LogP contribution in [0, 0.1) is 29.6 Å². The van der Waals surface area contributed by atoms with Crippen molar-refractivity contribution < 1.29 is 18.3 Å². The van der Waals surface area contributed by atoms with Crippen LogP contribution in [0.3, 0.4) is 0 Å². The standard InChI is InChI=1S/C22H29F2NO2/c1-13-9-15-10-18(15)17(13)5-3-4-8-22(23,24)19-11-14-6-7-16(27-2)12-20(14)25-21(19)26/h6-7,11-15,17-18,20H,3-5,8-10H2,1-2H3,(H,25,26). The van der Waals surface area contributed by atoms with E-state index in [1.807, 2.05) is 6.08 Å². The quantitative estimate of drug-likeness (QED) is 0.658. The molecule has 3 nitrogen and oxygen atoms in total. The Bertz CT molecular complexity index is 694. The van der Waals surface area contributed by atoms with Crippen LogP contribution in [0.2, 0.25) is 0 Å². The maximum absolute atomic E-state index is 14.7. The Labute approximate surface area is 159 Å². The molecule has 1 aliphatic heterocycles. The summed E-state index contributed by atoms with van der Waals surface area (Å²) in [5.41, 5.74) is -0.376. The summed E-state index contributed by atoms with van der Waals surface area (Å²) in [6, 6.07) is -0.313. The smallest absolute Gasteiger partial charge is 0.278 e. The first kappa shape index (κ1) is 18.7. The average molecular weight is 377 g/mol. The first-order valence-corrected chi connectivity index (χ1v) is 10.2. The maximum atomic E-state index is 14.7. The predicted octanol–water partition coefficient (Wildman–Crippen LogP) is 4.62. The Balaban J connectivity index is 1.33. The molecule has 148 valence electrons. The Hall–Kier alpha value is -1.65. The van der Waals surface area contributed by atoms with Crippen LogP contribution in [-0.4, -0.2) is 25.0 Å². The van der Waals surface area contributed by atoms with Crippen molar-refractivity contribution in [1.29, 1.82) is 0 Å². The van der Waals surface area contributed by atoms with Crippen molar-refractivity contribution in [1.82, 2.24) is 5.32 Å². The lowest BCUT2D eigenvalue weighted by Crippen LogP contribution is -2.47. The van der Waals surface area contributed by atoms with E-state index in [0.717, 1.165) is 36.5 Å². The third kappa shape index (κ3) is 3.70. The number of unbranched alkanes of at least 4 members (excludes halogenated alkanes) is 1. The first-order chi connectivity index (χ1) is 12.9. The van der Waals surface area contributed by atoms with Crippen molar-refractivity contribution in [3.63, 3.8) is 0 Å². The number of rotatable bonds is 7. The first-order valence-electron chi connectivity index (χ1n) is 10.2. The van der Waals surface area contributed by atoms with Crippen LogP contribution in [0.4, 0.5) is 8.78 Å². The minimum Gasteiger partial charge on any atom is -0.497 e. The van der Waals surface area contributed by atoms with Crippen molar-refractivity contribution in [2.45, 2.75) is 57.4 Å². The fourth-order valence-electron chi connectivity index (χ4n) is 5.39. The third-order valence-electron chi connectivity index (χ3n) is 6.98. The van der Waals surface area contributed by atoms with Crippen molar-refractivity contribution >= 4 is 5.91 Å². The van der Waals surface area contributed by atoms with Gasteiger partial charge in [-0.3, -0.25) is 4.79 Å². The molecule has 0 saturated heterocycles. The SMILES string of the molecule is COC1=CC2NC(=O)C(C(F)(F)CCCCC3C(C)CC4CC43)=CC2C=C1. The Morgan fingerprint density at radius 3 is 2.78 bits per heavy atom. The Morgan fingerprint density at radius 2 is 2.07 bits per heavy atom. The molecule has 1 N–H and O–H groups in total. The van der Waals surface area contributed by atoms with E-state index < -0.39 is 11.8 Å². The van der Waals surface area contributed by atoms with E-state index in [-0.39, 0.29) is 24.0 Å². The molecule has 0 aromatic rings. The van der Waals surface area contributed by atoms with Crippen molar-refractivity contribution in [3.8, 4) is 0 Å².